The molecule has 1 saturated carbocycles. The molecule has 3 unspecified atom stereocenters. The largest absolute Gasteiger partial charge is 0.437 e. The molecule has 0 N–H and O–H groups in total. The van der Waals surface area contributed by atoms with Gasteiger partial charge in [-0.2, -0.15) is 0 Å². The molecule has 0 radical (unpaired) electrons. The van der Waals surface area contributed by atoms with Crippen molar-refractivity contribution in [3.8, 4) is 11.6 Å². The van der Waals surface area contributed by atoms with E-state index < -0.39 is 0 Å². The molecule has 5 nitrogen and oxygen atoms in total. The van der Waals surface area contributed by atoms with Crippen LogP contribution in [0.2, 0.25) is 0 Å². The van der Waals surface area contributed by atoms with Crippen LogP contribution in [0.15, 0.2) is 42.9 Å². The summed E-state index contributed by atoms with van der Waals surface area (Å²) in [7, 11) is 0. The molecule has 2 fully saturated rings. The molecule has 1 aliphatic carbocycles. The van der Waals surface area contributed by atoms with Crippen molar-refractivity contribution in [3.63, 3.8) is 0 Å². The first-order valence-corrected chi connectivity index (χ1v) is 9.09. The fourth-order valence-electron chi connectivity index (χ4n) is 4.36. The first-order valence-electron chi connectivity index (χ1n) is 9.09. The smallest absolute Gasteiger partial charge is 0.254 e. The maximum Gasteiger partial charge on any atom is 0.254 e. The first-order chi connectivity index (χ1) is 12.2. The van der Waals surface area contributed by atoms with Gasteiger partial charge in [-0.1, -0.05) is 18.9 Å². The van der Waals surface area contributed by atoms with Crippen LogP contribution in [0.5, 0.6) is 11.6 Å². The minimum Gasteiger partial charge on any atom is -0.437 e. The minimum absolute atomic E-state index is 0.117. The van der Waals surface area contributed by atoms with Crippen molar-refractivity contribution < 1.29 is 9.53 Å². The van der Waals surface area contributed by atoms with Gasteiger partial charge in [0.05, 0.1) is 6.20 Å². The molecule has 4 rings (SSSR count). The van der Waals surface area contributed by atoms with Crippen LogP contribution >= 0.6 is 0 Å². The van der Waals surface area contributed by atoms with Gasteiger partial charge in [-0.05, 0) is 50.3 Å². The van der Waals surface area contributed by atoms with E-state index in [1.54, 1.807) is 24.7 Å². The Kier molecular flexibility index (Phi) is 4.38. The van der Waals surface area contributed by atoms with E-state index in [2.05, 4.69) is 21.8 Å². The van der Waals surface area contributed by atoms with Crippen molar-refractivity contribution in [2.24, 2.45) is 5.92 Å². The molecule has 1 aromatic heterocycles. The summed E-state index contributed by atoms with van der Waals surface area (Å²) in [6.07, 6.45) is 10.8. The molecule has 0 spiro atoms. The quantitative estimate of drug-likeness (QED) is 0.847. The maximum absolute atomic E-state index is 13.2. The Hall–Kier alpha value is -2.43. The lowest BCUT2D eigenvalue weighted by Crippen LogP contribution is -2.42. The van der Waals surface area contributed by atoms with Gasteiger partial charge in [-0.3, -0.25) is 9.78 Å². The number of amides is 1. The molecule has 130 valence electrons. The second kappa shape index (κ2) is 6.82. The number of nitrogens with zero attached hydrogens (tertiary/aromatic N) is 3. The highest BCUT2D eigenvalue weighted by Gasteiger charge is 2.42. The second-order valence-electron chi connectivity index (χ2n) is 7.08. The van der Waals surface area contributed by atoms with Gasteiger partial charge >= 0.3 is 0 Å². The Morgan fingerprint density at radius 3 is 2.96 bits per heavy atom. The molecular formula is C20H23N3O2. The molecule has 25 heavy (non-hydrogen) atoms. The summed E-state index contributed by atoms with van der Waals surface area (Å²) in [6.45, 7) is 2.18. The molecule has 5 heteroatoms. The van der Waals surface area contributed by atoms with Crippen molar-refractivity contribution in [1.29, 1.82) is 0 Å². The van der Waals surface area contributed by atoms with Gasteiger partial charge < -0.3 is 9.64 Å². The van der Waals surface area contributed by atoms with E-state index in [9.17, 15) is 4.79 Å². The van der Waals surface area contributed by atoms with Gasteiger partial charge in [0.25, 0.3) is 5.91 Å². The van der Waals surface area contributed by atoms with Crippen LogP contribution in [0.4, 0.5) is 0 Å². The highest BCUT2D eigenvalue weighted by Crippen LogP contribution is 2.40. The van der Waals surface area contributed by atoms with Crippen LogP contribution in [-0.2, 0) is 0 Å². The molecule has 1 saturated heterocycles. The third-order valence-electron chi connectivity index (χ3n) is 5.42. The van der Waals surface area contributed by atoms with Gasteiger partial charge in [0.1, 0.15) is 5.75 Å². The average molecular weight is 337 g/mol. The van der Waals surface area contributed by atoms with Crippen molar-refractivity contribution in [3.05, 3.63) is 48.4 Å². The standard InChI is InChI=1S/C20H23N3O2/c1-14-11-15-5-2-3-8-18(15)23(14)20(24)16-6-4-7-17(12-16)25-19-13-21-9-10-22-19/h4,6-7,9-10,12-15,18H,2-3,5,8,11H2,1H3. The summed E-state index contributed by atoms with van der Waals surface area (Å²) in [5.74, 6) is 1.82. The van der Waals surface area contributed by atoms with Crippen LogP contribution in [0, 0.1) is 5.92 Å². The summed E-state index contributed by atoms with van der Waals surface area (Å²) in [5.41, 5.74) is 0.680. The third kappa shape index (κ3) is 3.23. The van der Waals surface area contributed by atoms with E-state index in [4.69, 9.17) is 4.74 Å². The van der Waals surface area contributed by atoms with E-state index in [0.29, 0.717) is 35.2 Å². The number of likely N-dealkylation sites (tertiary alicyclic amines) is 1. The minimum atomic E-state index is 0.117. The molecule has 2 heterocycles. The fraction of sp³-hybridized carbons (Fsp3) is 0.450. The van der Waals surface area contributed by atoms with Crippen LogP contribution < -0.4 is 4.74 Å². The summed E-state index contributed by atoms with van der Waals surface area (Å²) in [6, 6.07) is 8.08. The van der Waals surface area contributed by atoms with E-state index >= 15 is 0 Å². The molecule has 0 bridgehead atoms. The maximum atomic E-state index is 13.2. The molecule has 3 atom stereocenters. The van der Waals surface area contributed by atoms with Crippen molar-refractivity contribution in [2.45, 2.75) is 51.1 Å². The average Bonchev–Trinajstić information content (AvgIpc) is 2.98. The summed E-state index contributed by atoms with van der Waals surface area (Å²) < 4.78 is 5.72. The van der Waals surface area contributed by atoms with E-state index in [1.807, 2.05) is 18.2 Å². The van der Waals surface area contributed by atoms with Gasteiger partial charge in [0, 0.05) is 30.0 Å². The molecule has 1 aliphatic heterocycles. The van der Waals surface area contributed by atoms with E-state index in [0.717, 1.165) is 12.8 Å². The summed E-state index contributed by atoms with van der Waals surface area (Å²) >= 11 is 0. The predicted molar refractivity (Wildman–Crippen MR) is 94.5 cm³/mol. The Morgan fingerprint density at radius 1 is 1.24 bits per heavy atom. The number of aromatic nitrogens is 2. The zero-order chi connectivity index (χ0) is 17.2. The Morgan fingerprint density at radius 2 is 2.12 bits per heavy atom. The number of carbonyl (C=O) groups excluding carboxylic acids is 1. The lowest BCUT2D eigenvalue weighted by atomic mass is 9.85. The second-order valence-corrected chi connectivity index (χ2v) is 7.08. The molecular weight excluding hydrogens is 314 g/mol. The number of hydrogen-bond acceptors (Lipinski definition) is 4. The van der Waals surface area contributed by atoms with Crippen LogP contribution in [0.25, 0.3) is 0 Å². The zero-order valence-electron chi connectivity index (χ0n) is 14.5. The van der Waals surface area contributed by atoms with Crippen molar-refractivity contribution in [1.82, 2.24) is 14.9 Å². The van der Waals surface area contributed by atoms with Crippen molar-refractivity contribution >= 4 is 5.91 Å². The number of fused-ring (bicyclic) bond motifs is 1. The van der Waals surface area contributed by atoms with Crippen LogP contribution in [0.1, 0.15) is 49.4 Å². The topological polar surface area (TPSA) is 55.3 Å². The zero-order valence-corrected chi connectivity index (χ0v) is 14.5. The molecule has 1 aromatic carbocycles. The Labute approximate surface area is 148 Å². The summed E-state index contributed by atoms with van der Waals surface area (Å²) in [4.78, 5) is 23.4. The van der Waals surface area contributed by atoms with Gasteiger partial charge in [-0.15, -0.1) is 0 Å². The Bertz CT molecular complexity index is 750. The van der Waals surface area contributed by atoms with Gasteiger partial charge in [0.15, 0.2) is 0 Å². The van der Waals surface area contributed by atoms with Crippen LogP contribution in [-0.4, -0.2) is 32.9 Å². The number of benzene rings is 1. The number of ether oxygens (including phenoxy) is 1. The number of carbonyl (C=O) groups is 1. The van der Waals surface area contributed by atoms with Crippen LogP contribution in [0.3, 0.4) is 0 Å². The molecule has 2 aromatic rings. The Balaban J connectivity index is 1.55. The van der Waals surface area contributed by atoms with Gasteiger partial charge in [-0.25, -0.2) is 4.98 Å². The number of rotatable bonds is 3. The van der Waals surface area contributed by atoms with E-state index in [1.165, 1.54) is 19.3 Å². The first kappa shape index (κ1) is 16.1. The van der Waals surface area contributed by atoms with Crippen molar-refractivity contribution in [2.75, 3.05) is 0 Å². The SMILES string of the molecule is CC1CC2CCCCC2N1C(=O)c1cccc(Oc2cnccn2)c1. The molecule has 2 aliphatic rings. The number of hydrogen-bond donors (Lipinski definition) is 0. The normalized spacial score (nSPS) is 25.5. The summed E-state index contributed by atoms with van der Waals surface area (Å²) in [5, 5.41) is 0. The highest BCUT2D eigenvalue weighted by atomic mass is 16.5. The predicted octanol–water partition coefficient (Wildman–Crippen LogP) is 4.06. The highest BCUT2D eigenvalue weighted by molar-refractivity contribution is 5.95. The van der Waals surface area contributed by atoms with E-state index in [-0.39, 0.29) is 5.91 Å². The third-order valence-corrected chi connectivity index (χ3v) is 5.42. The van der Waals surface area contributed by atoms with Gasteiger partial charge in [0.2, 0.25) is 5.88 Å². The monoisotopic (exact) mass is 337 g/mol. The lowest BCUT2D eigenvalue weighted by Gasteiger charge is -2.33. The lowest BCUT2D eigenvalue weighted by molar-refractivity contribution is 0.0633. The fourth-order valence-corrected chi connectivity index (χ4v) is 4.36. The molecule has 1 amide bonds.